The highest BCUT2D eigenvalue weighted by Gasteiger charge is 2.13. The number of aromatic nitrogens is 4. The predicted molar refractivity (Wildman–Crippen MR) is 97.7 cm³/mol. The molecule has 0 fully saturated rings. The maximum Gasteiger partial charge on any atom is 0.248 e. The monoisotopic (exact) mass is 352 g/mol. The first kappa shape index (κ1) is 17.6. The van der Waals surface area contributed by atoms with Crippen LogP contribution >= 0.6 is 0 Å². The summed E-state index contributed by atoms with van der Waals surface area (Å²) in [7, 11) is 0. The van der Waals surface area contributed by atoms with Gasteiger partial charge in [0.25, 0.3) is 0 Å². The number of hydrogen-bond donors (Lipinski definition) is 3. The van der Waals surface area contributed by atoms with Crippen molar-refractivity contribution in [1.29, 1.82) is 0 Å². The largest absolute Gasteiger partial charge is 0.381 e. The molecule has 8 nitrogen and oxygen atoms in total. The Kier molecular flexibility index (Phi) is 4.94. The average Bonchev–Trinajstić information content (AvgIpc) is 3.02. The summed E-state index contributed by atoms with van der Waals surface area (Å²) in [5, 5.41) is 16.9. The van der Waals surface area contributed by atoms with Crippen molar-refractivity contribution in [2.45, 2.75) is 26.5 Å². The number of carbonyl (C=O) groups excluding carboxylic acids is 1. The van der Waals surface area contributed by atoms with Gasteiger partial charge in [0.1, 0.15) is 0 Å². The van der Waals surface area contributed by atoms with Crippen LogP contribution in [0, 0.1) is 13.8 Å². The first-order valence-electron chi connectivity index (χ1n) is 8.09. The van der Waals surface area contributed by atoms with Crippen molar-refractivity contribution in [2.75, 3.05) is 5.32 Å². The van der Waals surface area contributed by atoms with E-state index >= 15 is 0 Å². The van der Waals surface area contributed by atoms with E-state index in [9.17, 15) is 9.90 Å². The second kappa shape index (κ2) is 7.32. The second-order valence-corrected chi connectivity index (χ2v) is 6.10. The molecule has 0 aliphatic heterocycles. The first-order valence-corrected chi connectivity index (χ1v) is 8.09. The Morgan fingerprint density at radius 3 is 2.85 bits per heavy atom. The van der Waals surface area contributed by atoms with E-state index in [0.29, 0.717) is 5.95 Å². The quantitative estimate of drug-likeness (QED) is 0.619. The number of amides is 1. The van der Waals surface area contributed by atoms with Gasteiger partial charge in [-0.25, -0.2) is 9.97 Å². The van der Waals surface area contributed by atoms with Crippen LogP contribution in [-0.2, 0) is 11.3 Å². The van der Waals surface area contributed by atoms with Gasteiger partial charge in [-0.15, -0.1) is 0 Å². The zero-order chi connectivity index (χ0) is 18.7. The highest BCUT2D eigenvalue weighted by Crippen LogP contribution is 2.25. The van der Waals surface area contributed by atoms with Crippen molar-refractivity contribution >= 4 is 17.5 Å². The number of nitrogens with one attached hydrogen (secondary N) is 1. The Labute approximate surface area is 150 Å². The van der Waals surface area contributed by atoms with Gasteiger partial charge in [-0.2, -0.15) is 5.10 Å². The number of rotatable bonds is 6. The van der Waals surface area contributed by atoms with Gasteiger partial charge < -0.3 is 16.2 Å². The van der Waals surface area contributed by atoms with Crippen molar-refractivity contribution in [3.05, 3.63) is 54.1 Å². The normalized spacial score (nSPS) is 12.0. The Morgan fingerprint density at radius 1 is 1.31 bits per heavy atom. The molecule has 0 aliphatic carbocycles. The van der Waals surface area contributed by atoms with Crippen LogP contribution in [0.5, 0.6) is 0 Å². The zero-order valence-corrected chi connectivity index (χ0v) is 14.5. The maximum absolute atomic E-state index is 11.0. The van der Waals surface area contributed by atoms with Crippen LogP contribution in [0.3, 0.4) is 0 Å². The summed E-state index contributed by atoms with van der Waals surface area (Å²) in [5.41, 5.74) is 9.67. The van der Waals surface area contributed by atoms with Crippen molar-refractivity contribution in [3.63, 3.8) is 0 Å². The van der Waals surface area contributed by atoms with Crippen LogP contribution in [0.4, 0.5) is 11.6 Å². The topological polar surface area (TPSA) is 119 Å². The molecule has 0 bridgehead atoms. The van der Waals surface area contributed by atoms with E-state index in [2.05, 4.69) is 20.4 Å². The van der Waals surface area contributed by atoms with Gasteiger partial charge >= 0.3 is 0 Å². The van der Waals surface area contributed by atoms with Gasteiger partial charge in [0.2, 0.25) is 11.9 Å². The molecule has 3 aromatic rings. The smallest absolute Gasteiger partial charge is 0.248 e. The van der Waals surface area contributed by atoms with Crippen LogP contribution in [0.1, 0.15) is 11.3 Å². The van der Waals surface area contributed by atoms with Gasteiger partial charge in [0.05, 0.1) is 12.7 Å². The molecule has 0 radical (unpaired) electrons. The molecule has 1 aromatic carbocycles. The third-order valence-electron chi connectivity index (χ3n) is 3.78. The van der Waals surface area contributed by atoms with E-state index in [0.717, 1.165) is 28.1 Å². The van der Waals surface area contributed by atoms with Gasteiger partial charge in [-0.05, 0) is 43.2 Å². The molecular formula is C18H20N6O2. The summed E-state index contributed by atoms with van der Waals surface area (Å²) in [6.07, 6.45) is 3.87. The van der Waals surface area contributed by atoms with E-state index in [4.69, 9.17) is 5.73 Å². The van der Waals surface area contributed by atoms with Crippen LogP contribution in [0.15, 0.2) is 42.9 Å². The summed E-state index contributed by atoms with van der Waals surface area (Å²) >= 11 is 0. The van der Waals surface area contributed by atoms with E-state index in [1.807, 2.05) is 38.1 Å². The lowest BCUT2D eigenvalue weighted by atomic mass is 10.1. The number of anilines is 2. The van der Waals surface area contributed by atoms with Crippen molar-refractivity contribution in [1.82, 2.24) is 19.7 Å². The first-order chi connectivity index (χ1) is 12.4. The maximum atomic E-state index is 11.0. The van der Waals surface area contributed by atoms with Gasteiger partial charge in [0, 0.05) is 29.3 Å². The van der Waals surface area contributed by atoms with E-state index < -0.39 is 12.0 Å². The Balaban J connectivity index is 1.83. The number of hydrogen-bond acceptors (Lipinski definition) is 6. The lowest BCUT2D eigenvalue weighted by molar-refractivity contribution is -0.126. The predicted octanol–water partition coefficient (Wildman–Crippen LogP) is 1.55. The van der Waals surface area contributed by atoms with Crippen LogP contribution in [0.2, 0.25) is 0 Å². The van der Waals surface area contributed by atoms with Crippen LogP contribution in [-0.4, -0.2) is 36.9 Å². The summed E-state index contributed by atoms with van der Waals surface area (Å²) in [6, 6.07) is 7.82. The average molecular weight is 352 g/mol. The molecule has 4 N–H and O–H groups in total. The Bertz CT molecular complexity index is 937. The zero-order valence-electron chi connectivity index (χ0n) is 14.5. The Morgan fingerprint density at radius 2 is 2.12 bits per heavy atom. The fourth-order valence-corrected chi connectivity index (χ4v) is 2.54. The molecule has 8 heteroatoms. The molecule has 134 valence electrons. The molecule has 2 aromatic heterocycles. The molecule has 0 aliphatic rings. The third-order valence-corrected chi connectivity index (χ3v) is 3.78. The molecule has 1 unspecified atom stereocenters. The summed E-state index contributed by atoms with van der Waals surface area (Å²) in [6.45, 7) is 3.92. The molecule has 3 rings (SSSR count). The number of primary amides is 1. The lowest BCUT2D eigenvalue weighted by Crippen LogP contribution is -2.32. The molecule has 26 heavy (non-hydrogen) atoms. The number of benzene rings is 1. The fourth-order valence-electron chi connectivity index (χ4n) is 2.54. The SMILES string of the molecule is Cc1cc(Nc2nccc(C)n2)cc(-c2cnn(CC(O)C(N)=O)c2)c1. The number of carbonyl (C=O) groups is 1. The standard InChI is InChI=1S/C18H20N6O2/c1-11-5-13(14-8-21-24(9-14)10-16(25)17(19)26)7-15(6-11)23-18-20-4-3-12(2)22-18/h3-9,16,25H,10H2,1-2H3,(H2,19,26)(H,20,22,23). The number of aliphatic hydroxyl groups excluding tert-OH is 1. The number of nitrogens with two attached hydrogens (primary N) is 1. The minimum Gasteiger partial charge on any atom is -0.381 e. The second-order valence-electron chi connectivity index (χ2n) is 6.10. The van der Waals surface area contributed by atoms with E-state index in [1.54, 1.807) is 18.6 Å². The summed E-state index contributed by atoms with van der Waals surface area (Å²) in [5.74, 6) is -0.246. The Hall–Kier alpha value is -3.26. The van der Waals surface area contributed by atoms with E-state index in [-0.39, 0.29) is 6.54 Å². The molecule has 2 heterocycles. The highest BCUT2D eigenvalue weighted by atomic mass is 16.3. The van der Waals surface area contributed by atoms with Crippen molar-refractivity contribution < 1.29 is 9.90 Å². The van der Waals surface area contributed by atoms with Gasteiger partial charge in [0.15, 0.2) is 6.10 Å². The molecule has 1 amide bonds. The highest BCUT2D eigenvalue weighted by molar-refractivity contribution is 5.78. The van der Waals surface area contributed by atoms with Crippen LogP contribution < -0.4 is 11.1 Å². The minimum atomic E-state index is -1.27. The lowest BCUT2D eigenvalue weighted by Gasteiger charge is -2.09. The molecule has 0 spiro atoms. The van der Waals surface area contributed by atoms with E-state index in [1.165, 1.54) is 4.68 Å². The van der Waals surface area contributed by atoms with Gasteiger partial charge in [-0.1, -0.05) is 6.07 Å². The van der Waals surface area contributed by atoms with Crippen LogP contribution in [0.25, 0.3) is 11.1 Å². The molecular weight excluding hydrogens is 332 g/mol. The van der Waals surface area contributed by atoms with Crippen molar-refractivity contribution in [3.8, 4) is 11.1 Å². The molecule has 0 saturated carbocycles. The van der Waals surface area contributed by atoms with Gasteiger partial charge in [-0.3, -0.25) is 9.48 Å². The number of nitrogens with zero attached hydrogens (tertiary/aromatic N) is 4. The van der Waals surface area contributed by atoms with Crippen molar-refractivity contribution in [2.24, 2.45) is 5.73 Å². The fraction of sp³-hybridized carbons (Fsp3) is 0.222. The molecule has 0 saturated heterocycles. The summed E-state index contributed by atoms with van der Waals surface area (Å²) < 4.78 is 1.49. The number of aliphatic hydroxyl groups is 1. The molecule has 1 atom stereocenters. The summed E-state index contributed by atoms with van der Waals surface area (Å²) in [4.78, 5) is 19.5. The third kappa shape index (κ3) is 4.22. The minimum absolute atomic E-state index is 0.0173. The number of aryl methyl sites for hydroxylation is 2.